The highest BCUT2D eigenvalue weighted by molar-refractivity contribution is 6.30. The molecule has 4 heterocycles. The molecule has 4 fully saturated rings. The van der Waals surface area contributed by atoms with E-state index in [1.165, 1.54) is 12.8 Å². The van der Waals surface area contributed by atoms with Crippen molar-refractivity contribution in [3.05, 3.63) is 41.4 Å². The van der Waals surface area contributed by atoms with Crippen LogP contribution >= 0.6 is 11.6 Å². The fourth-order valence-electron chi connectivity index (χ4n) is 7.26. The van der Waals surface area contributed by atoms with Crippen molar-refractivity contribution >= 4 is 35.0 Å². The second-order valence-electron chi connectivity index (χ2n) is 11.5. The number of carbonyl (C=O) groups excluding carboxylic acids is 3. The number of halogens is 1. The lowest BCUT2D eigenvalue weighted by Crippen LogP contribution is -2.57. The molecule has 0 radical (unpaired) electrons. The van der Waals surface area contributed by atoms with Crippen LogP contribution in [0.4, 0.5) is 5.69 Å². The number of amides is 3. The van der Waals surface area contributed by atoms with E-state index in [9.17, 15) is 14.4 Å². The van der Waals surface area contributed by atoms with Crippen molar-refractivity contribution in [2.75, 3.05) is 31.5 Å². The second kappa shape index (κ2) is 10.6. The first-order valence-corrected chi connectivity index (χ1v) is 14.6. The van der Waals surface area contributed by atoms with Gasteiger partial charge in [-0.15, -0.1) is 0 Å². The van der Waals surface area contributed by atoms with Gasteiger partial charge in [-0.05, 0) is 57.0 Å². The number of carbonyl (C=O) groups is 3. The normalized spacial score (nSPS) is 33.0. The average molecular weight is 541 g/mol. The molecule has 5 aliphatic rings. The van der Waals surface area contributed by atoms with Crippen molar-refractivity contribution in [1.82, 2.24) is 15.1 Å². The Morgan fingerprint density at radius 3 is 2.55 bits per heavy atom. The zero-order chi connectivity index (χ0) is 26.3. The Morgan fingerprint density at radius 2 is 1.79 bits per heavy atom. The number of hydrogen-bond acceptors (Lipinski definition) is 5. The van der Waals surface area contributed by atoms with Crippen LogP contribution in [-0.4, -0.2) is 77.5 Å². The zero-order valence-corrected chi connectivity index (χ0v) is 22.5. The van der Waals surface area contributed by atoms with Gasteiger partial charge in [-0.1, -0.05) is 55.5 Å². The Bertz CT molecular complexity index is 1120. The first-order valence-electron chi connectivity index (χ1n) is 14.2. The molecule has 1 aliphatic carbocycles. The number of benzene rings is 1. The van der Waals surface area contributed by atoms with Crippen LogP contribution in [0.2, 0.25) is 5.02 Å². The molecule has 2 bridgehead atoms. The van der Waals surface area contributed by atoms with Crippen LogP contribution in [0.5, 0.6) is 0 Å². The molecule has 5 atom stereocenters. The zero-order valence-electron chi connectivity index (χ0n) is 21.7. The summed E-state index contributed by atoms with van der Waals surface area (Å²) in [5, 5.41) is 6.70. The van der Waals surface area contributed by atoms with Crippen LogP contribution in [0.25, 0.3) is 0 Å². The van der Waals surface area contributed by atoms with Crippen molar-refractivity contribution in [2.45, 2.75) is 75.2 Å². The van der Waals surface area contributed by atoms with E-state index < -0.39 is 29.6 Å². The fourth-order valence-corrected chi connectivity index (χ4v) is 7.45. The molecule has 0 aromatic heterocycles. The van der Waals surface area contributed by atoms with Gasteiger partial charge in [0.05, 0.1) is 17.9 Å². The van der Waals surface area contributed by atoms with Gasteiger partial charge < -0.3 is 25.2 Å². The second-order valence-corrected chi connectivity index (χ2v) is 11.9. The lowest BCUT2D eigenvalue weighted by molar-refractivity contribution is -0.141. The highest BCUT2D eigenvalue weighted by Gasteiger charge is 2.72. The Balaban J connectivity index is 1.27. The molecule has 0 unspecified atom stereocenters. The maximum atomic E-state index is 14.1. The number of piperidine rings is 1. The third-order valence-electron chi connectivity index (χ3n) is 9.07. The van der Waals surface area contributed by atoms with Crippen LogP contribution in [0, 0.1) is 11.8 Å². The summed E-state index contributed by atoms with van der Waals surface area (Å²) in [7, 11) is 0. The topological polar surface area (TPSA) is 91.0 Å². The van der Waals surface area contributed by atoms with Crippen molar-refractivity contribution in [3.63, 3.8) is 0 Å². The van der Waals surface area contributed by atoms with Gasteiger partial charge in [-0.3, -0.25) is 14.4 Å². The van der Waals surface area contributed by atoms with E-state index >= 15 is 0 Å². The van der Waals surface area contributed by atoms with E-state index in [1.54, 1.807) is 29.2 Å². The Hall–Kier alpha value is -2.42. The molecule has 1 saturated carbocycles. The molecule has 38 heavy (non-hydrogen) atoms. The Morgan fingerprint density at radius 1 is 1.03 bits per heavy atom. The lowest BCUT2D eigenvalue weighted by atomic mass is 9.74. The van der Waals surface area contributed by atoms with Crippen molar-refractivity contribution in [2.24, 2.45) is 11.8 Å². The number of rotatable bonds is 7. The number of fused-ring (bicyclic) bond motifs is 1. The molecule has 8 nitrogen and oxygen atoms in total. The summed E-state index contributed by atoms with van der Waals surface area (Å²) in [5.41, 5.74) is -0.555. The van der Waals surface area contributed by atoms with E-state index in [1.807, 2.05) is 12.2 Å². The number of likely N-dealkylation sites (tertiary alicyclic amines) is 2. The molecular weight excluding hydrogens is 504 g/mol. The lowest BCUT2D eigenvalue weighted by Gasteiger charge is -2.35. The highest BCUT2D eigenvalue weighted by atomic mass is 35.5. The van der Waals surface area contributed by atoms with E-state index in [2.05, 4.69) is 15.5 Å². The molecule has 9 heteroatoms. The van der Waals surface area contributed by atoms with Gasteiger partial charge in [-0.25, -0.2) is 0 Å². The minimum absolute atomic E-state index is 0.121. The molecule has 6 rings (SSSR count). The number of nitrogens with one attached hydrogen (secondary N) is 2. The van der Waals surface area contributed by atoms with Crippen LogP contribution in [0.1, 0.15) is 51.4 Å². The summed E-state index contributed by atoms with van der Waals surface area (Å²) in [5.74, 6) is -2.06. The fraction of sp³-hybridized carbons (Fsp3) is 0.621. The number of anilines is 1. The van der Waals surface area contributed by atoms with Crippen molar-refractivity contribution < 1.29 is 19.1 Å². The van der Waals surface area contributed by atoms with Crippen LogP contribution in [0.3, 0.4) is 0 Å². The SMILES string of the molecule is O=C(Nc1cccc(Cl)c1)[C@H]1[C@@H]2C=C[C@]3(O2)[C@@H]1C(=O)N(CCN1CCCCC1)[C@@H]3C(=O)NC1CCCCC1. The monoisotopic (exact) mass is 540 g/mol. The van der Waals surface area contributed by atoms with Gasteiger partial charge in [0, 0.05) is 29.8 Å². The summed E-state index contributed by atoms with van der Waals surface area (Å²) in [4.78, 5) is 45.6. The first-order chi connectivity index (χ1) is 18.5. The molecule has 2 N–H and O–H groups in total. The summed E-state index contributed by atoms with van der Waals surface area (Å²) >= 11 is 6.12. The van der Waals surface area contributed by atoms with Gasteiger partial charge in [-0.2, -0.15) is 0 Å². The van der Waals surface area contributed by atoms with E-state index in [4.69, 9.17) is 16.3 Å². The van der Waals surface area contributed by atoms with Gasteiger partial charge >= 0.3 is 0 Å². The Kier molecular flexibility index (Phi) is 7.22. The quantitative estimate of drug-likeness (QED) is 0.518. The molecule has 1 aromatic rings. The van der Waals surface area contributed by atoms with Gasteiger partial charge in [0.1, 0.15) is 11.6 Å². The number of hydrogen-bond donors (Lipinski definition) is 2. The summed E-state index contributed by atoms with van der Waals surface area (Å²) in [6.45, 7) is 3.19. The summed E-state index contributed by atoms with van der Waals surface area (Å²) in [6, 6.07) is 6.30. The third kappa shape index (κ3) is 4.65. The summed E-state index contributed by atoms with van der Waals surface area (Å²) in [6.07, 6.45) is 12.1. The predicted molar refractivity (Wildman–Crippen MR) is 145 cm³/mol. The van der Waals surface area contributed by atoms with Crippen LogP contribution < -0.4 is 10.6 Å². The van der Waals surface area contributed by atoms with Gasteiger partial charge in [0.15, 0.2) is 0 Å². The van der Waals surface area contributed by atoms with Crippen molar-refractivity contribution in [1.29, 1.82) is 0 Å². The van der Waals surface area contributed by atoms with E-state index in [-0.39, 0.29) is 23.8 Å². The molecule has 1 aromatic carbocycles. The molecular formula is C29H37ClN4O4. The largest absolute Gasteiger partial charge is 0.359 e. The van der Waals surface area contributed by atoms with E-state index in [0.717, 1.165) is 51.6 Å². The minimum atomic E-state index is -1.13. The molecule has 204 valence electrons. The van der Waals surface area contributed by atoms with Crippen LogP contribution in [-0.2, 0) is 19.1 Å². The molecule has 3 saturated heterocycles. The van der Waals surface area contributed by atoms with Crippen LogP contribution in [0.15, 0.2) is 36.4 Å². The molecule has 4 aliphatic heterocycles. The smallest absolute Gasteiger partial charge is 0.246 e. The maximum Gasteiger partial charge on any atom is 0.246 e. The van der Waals surface area contributed by atoms with Gasteiger partial charge in [0.2, 0.25) is 17.7 Å². The molecule has 3 amide bonds. The Labute approximate surface area is 229 Å². The molecule has 1 spiro atoms. The highest BCUT2D eigenvalue weighted by Crippen LogP contribution is 2.55. The third-order valence-corrected chi connectivity index (χ3v) is 9.31. The number of nitrogens with zero attached hydrogens (tertiary/aromatic N) is 2. The maximum absolute atomic E-state index is 14.1. The standard InChI is InChI=1S/C29H37ClN4O4/c30-19-8-7-11-21(18-19)32-26(35)23-22-12-13-29(38-22)24(23)28(37)34(17-16-33-14-5-2-6-15-33)25(29)27(36)31-20-9-3-1-4-10-20/h7-8,11-13,18,20,22-25H,1-6,9-10,14-17H2,(H,31,36)(H,32,35)/t22-,23-,24-,25+,29-/m0/s1. The van der Waals surface area contributed by atoms with Gasteiger partial charge in [0.25, 0.3) is 0 Å². The summed E-state index contributed by atoms with van der Waals surface area (Å²) < 4.78 is 6.46. The first kappa shape index (κ1) is 25.8. The predicted octanol–water partition coefficient (Wildman–Crippen LogP) is 3.36. The minimum Gasteiger partial charge on any atom is -0.359 e. The number of ether oxygens (including phenoxy) is 1. The van der Waals surface area contributed by atoms with Crippen molar-refractivity contribution in [3.8, 4) is 0 Å². The average Bonchev–Trinajstić information content (AvgIpc) is 3.56. The van der Waals surface area contributed by atoms with E-state index in [0.29, 0.717) is 23.8 Å².